The first-order chi connectivity index (χ1) is 13.5. The Morgan fingerprint density at radius 2 is 1.96 bits per heavy atom. The highest BCUT2D eigenvalue weighted by Crippen LogP contribution is 2.25. The molecule has 0 bridgehead atoms. The Labute approximate surface area is 162 Å². The molecule has 6 nitrogen and oxygen atoms in total. The van der Waals surface area contributed by atoms with Crippen molar-refractivity contribution in [3.63, 3.8) is 0 Å². The lowest BCUT2D eigenvalue weighted by Gasteiger charge is -2.13. The van der Waals surface area contributed by atoms with Crippen molar-refractivity contribution in [1.29, 1.82) is 0 Å². The Hall–Kier alpha value is -3.07. The van der Waals surface area contributed by atoms with E-state index >= 15 is 0 Å². The van der Waals surface area contributed by atoms with Gasteiger partial charge in [-0.1, -0.05) is 30.0 Å². The Balaban J connectivity index is 1.81. The second-order valence-corrected chi connectivity index (χ2v) is 7.01. The van der Waals surface area contributed by atoms with Crippen molar-refractivity contribution in [1.82, 2.24) is 24.1 Å². The van der Waals surface area contributed by atoms with E-state index in [2.05, 4.69) is 15.0 Å². The van der Waals surface area contributed by atoms with Crippen LogP contribution in [0.2, 0.25) is 0 Å². The highest BCUT2D eigenvalue weighted by molar-refractivity contribution is 7.98. The maximum absolute atomic E-state index is 13.1. The van der Waals surface area contributed by atoms with Crippen molar-refractivity contribution >= 4 is 22.7 Å². The molecule has 0 aliphatic rings. The van der Waals surface area contributed by atoms with Gasteiger partial charge in [0.15, 0.2) is 5.16 Å². The number of alkyl halides is 2. The summed E-state index contributed by atoms with van der Waals surface area (Å²) in [5.41, 5.74) is 1.23. The Bertz CT molecular complexity index is 1190. The second-order valence-electron chi connectivity index (χ2n) is 6.06. The summed E-state index contributed by atoms with van der Waals surface area (Å²) in [5.74, 6) is 0.757. The van der Waals surface area contributed by atoms with Crippen LogP contribution in [0.1, 0.15) is 17.9 Å². The summed E-state index contributed by atoms with van der Waals surface area (Å²) in [7, 11) is 0. The van der Waals surface area contributed by atoms with Crippen LogP contribution in [0, 0.1) is 6.92 Å². The first-order valence-corrected chi connectivity index (χ1v) is 9.40. The van der Waals surface area contributed by atoms with Gasteiger partial charge in [0, 0.05) is 18.6 Å². The molecule has 28 heavy (non-hydrogen) atoms. The van der Waals surface area contributed by atoms with E-state index in [1.165, 1.54) is 17.0 Å². The number of imidazole rings is 1. The highest BCUT2D eigenvalue weighted by Gasteiger charge is 2.17. The maximum atomic E-state index is 13.1. The standard InChI is InChI=1S/C19H15F2N5OS/c1-12-6-7-15(23-10-12)26-17(27)13-4-2-3-5-14(13)24-19(26)28-11-16-22-8-9-25(16)18(20)21/h2-10,18H,11H2,1H3. The minimum atomic E-state index is -2.68. The van der Waals surface area contributed by atoms with Gasteiger partial charge in [0.25, 0.3) is 5.56 Å². The zero-order valence-corrected chi connectivity index (χ0v) is 15.6. The fourth-order valence-corrected chi connectivity index (χ4v) is 3.72. The summed E-state index contributed by atoms with van der Waals surface area (Å²) < 4.78 is 28.3. The fourth-order valence-electron chi connectivity index (χ4n) is 2.77. The largest absolute Gasteiger partial charge is 0.319 e. The molecule has 0 N–H and O–H groups in total. The molecule has 0 amide bonds. The van der Waals surface area contributed by atoms with E-state index in [0.717, 1.165) is 21.9 Å². The van der Waals surface area contributed by atoms with Gasteiger partial charge in [-0.05, 0) is 30.7 Å². The second kappa shape index (κ2) is 7.51. The predicted molar refractivity (Wildman–Crippen MR) is 103 cm³/mol. The van der Waals surface area contributed by atoms with E-state index in [9.17, 15) is 13.6 Å². The lowest BCUT2D eigenvalue weighted by Crippen LogP contribution is -2.22. The number of fused-ring (bicyclic) bond motifs is 1. The molecule has 142 valence electrons. The minimum absolute atomic E-state index is 0.133. The first-order valence-electron chi connectivity index (χ1n) is 8.42. The summed E-state index contributed by atoms with van der Waals surface area (Å²) in [5, 5.41) is 0.826. The molecule has 0 atom stereocenters. The number of pyridine rings is 1. The number of halogens is 2. The maximum Gasteiger partial charge on any atom is 0.319 e. The van der Waals surface area contributed by atoms with E-state index in [1.54, 1.807) is 36.5 Å². The number of aryl methyl sites for hydroxylation is 1. The van der Waals surface area contributed by atoms with Crippen LogP contribution >= 0.6 is 11.8 Å². The van der Waals surface area contributed by atoms with Gasteiger partial charge in [-0.25, -0.2) is 19.5 Å². The number of nitrogens with zero attached hydrogens (tertiary/aromatic N) is 5. The number of para-hydroxylation sites is 1. The number of rotatable bonds is 5. The van der Waals surface area contributed by atoms with Crippen molar-refractivity contribution in [2.75, 3.05) is 0 Å². The van der Waals surface area contributed by atoms with Crippen LogP contribution in [0.15, 0.2) is 64.9 Å². The van der Waals surface area contributed by atoms with Crippen molar-refractivity contribution in [3.05, 3.63) is 76.7 Å². The molecule has 0 saturated heterocycles. The van der Waals surface area contributed by atoms with Crippen LogP contribution in [0.25, 0.3) is 16.7 Å². The molecule has 1 aromatic carbocycles. The van der Waals surface area contributed by atoms with Crippen molar-refractivity contribution in [3.8, 4) is 5.82 Å². The van der Waals surface area contributed by atoms with Crippen LogP contribution in [0.5, 0.6) is 0 Å². The lowest BCUT2D eigenvalue weighted by molar-refractivity contribution is 0.0678. The summed E-state index contributed by atoms with van der Waals surface area (Å²) >= 11 is 1.16. The average molecular weight is 399 g/mol. The molecular formula is C19H15F2N5OS. The predicted octanol–water partition coefficient (Wildman–Crippen LogP) is 3.97. The first kappa shape index (κ1) is 18.3. The van der Waals surface area contributed by atoms with Gasteiger partial charge in [-0.2, -0.15) is 8.78 Å². The third-order valence-corrected chi connectivity index (χ3v) is 5.09. The Morgan fingerprint density at radius 3 is 2.71 bits per heavy atom. The number of aromatic nitrogens is 5. The highest BCUT2D eigenvalue weighted by atomic mass is 32.2. The summed E-state index contributed by atoms with van der Waals surface area (Å²) in [6.45, 7) is -0.776. The smallest absolute Gasteiger partial charge is 0.277 e. The molecule has 4 rings (SSSR count). The van der Waals surface area contributed by atoms with Gasteiger partial charge >= 0.3 is 6.55 Å². The van der Waals surface area contributed by atoms with Crippen LogP contribution in [0.3, 0.4) is 0 Å². The van der Waals surface area contributed by atoms with Gasteiger partial charge < -0.3 is 0 Å². The number of benzene rings is 1. The lowest BCUT2D eigenvalue weighted by atomic mass is 10.2. The molecule has 3 aromatic heterocycles. The molecule has 4 aromatic rings. The average Bonchev–Trinajstić information content (AvgIpc) is 3.16. The van der Waals surface area contributed by atoms with E-state index in [1.807, 2.05) is 13.0 Å². The van der Waals surface area contributed by atoms with Gasteiger partial charge in [0.2, 0.25) is 0 Å². The monoisotopic (exact) mass is 399 g/mol. The third-order valence-electron chi connectivity index (χ3n) is 4.16. The molecule has 9 heteroatoms. The zero-order chi connectivity index (χ0) is 19.7. The minimum Gasteiger partial charge on any atom is -0.277 e. The molecule has 0 unspecified atom stereocenters. The zero-order valence-electron chi connectivity index (χ0n) is 14.8. The topological polar surface area (TPSA) is 65.6 Å². The molecule has 3 heterocycles. The van der Waals surface area contributed by atoms with Crippen LogP contribution in [-0.4, -0.2) is 24.1 Å². The fraction of sp³-hybridized carbons (Fsp3) is 0.158. The van der Waals surface area contributed by atoms with Crippen molar-refractivity contribution in [2.45, 2.75) is 24.4 Å². The van der Waals surface area contributed by atoms with Crippen molar-refractivity contribution < 1.29 is 8.78 Å². The summed E-state index contributed by atoms with van der Waals surface area (Å²) in [6.07, 6.45) is 4.21. The number of thioether (sulfide) groups is 1. The Morgan fingerprint density at radius 1 is 1.14 bits per heavy atom. The van der Waals surface area contributed by atoms with Crippen LogP contribution < -0.4 is 5.56 Å². The van der Waals surface area contributed by atoms with E-state index in [-0.39, 0.29) is 17.1 Å². The third kappa shape index (κ3) is 3.40. The normalized spacial score (nSPS) is 11.4. The number of hydrogen-bond donors (Lipinski definition) is 0. The molecule has 0 aliphatic heterocycles. The molecular weight excluding hydrogens is 384 g/mol. The number of hydrogen-bond acceptors (Lipinski definition) is 5. The Kier molecular flexibility index (Phi) is 4.91. The molecule has 0 spiro atoms. The summed E-state index contributed by atoms with van der Waals surface area (Å²) in [4.78, 5) is 26.0. The summed E-state index contributed by atoms with van der Waals surface area (Å²) in [6, 6.07) is 10.6. The van der Waals surface area contributed by atoms with E-state index in [4.69, 9.17) is 0 Å². The molecule has 0 radical (unpaired) electrons. The van der Waals surface area contributed by atoms with Gasteiger partial charge in [0.1, 0.15) is 11.6 Å². The molecule has 0 fully saturated rings. The van der Waals surface area contributed by atoms with Crippen LogP contribution in [-0.2, 0) is 5.75 Å². The molecule has 0 saturated carbocycles. The SMILES string of the molecule is Cc1ccc(-n2c(SCc3nccn3C(F)F)nc3ccccc3c2=O)nc1. The van der Waals surface area contributed by atoms with E-state index < -0.39 is 6.55 Å². The van der Waals surface area contributed by atoms with E-state index in [0.29, 0.717) is 21.9 Å². The van der Waals surface area contributed by atoms with Crippen LogP contribution in [0.4, 0.5) is 8.78 Å². The van der Waals surface area contributed by atoms with Gasteiger partial charge in [-0.15, -0.1) is 0 Å². The van der Waals surface area contributed by atoms with Crippen molar-refractivity contribution in [2.24, 2.45) is 0 Å². The quantitative estimate of drug-likeness (QED) is 0.375. The van der Waals surface area contributed by atoms with Gasteiger partial charge in [-0.3, -0.25) is 9.36 Å². The van der Waals surface area contributed by atoms with Gasteiger partial charge in [0.05, 0.1) is 16.7 Å². The molecule has 0 aliphatic carbocycles.